The number of hydrogen-bond acceptors (Lipinski definition) is 2. The molecular weight excluding hydrogens is 138 g/mol. The van der Waals surface area contributed by atoms with Crippen LogP contribution in [0.1, 0.15) is 33.6 Å². The first-order valence-electron chi connectivity index (χ1n) is 4.15. The van der Waals surface area contributed by atoms with E-state index in [0.29, 0.717) is 6.42 Å². The molecule has 0 unspecified atom stereocenters. The van der Waals surface area contributed by atoms with E-state index < -0.39 is 0 Å². The van der Waals surface area contributed by atoms with Crippen LogP contribution in [0.2, 0.25) is 0 Å². The van der Waals surface area contributed by atoms with Crippen molar-refractivity contribution in [2.24, 2.45) is 0 Å². The zero-order valence-electron chi connectivity index (χ0n) is 7.61. The molecule has 0 aliphatic heterocycles. The molecule has 0 heterocycles. The molecule has 11 heavy (non-hydrogen) atoms. The van der Waals surface area contributed by atoms with Crippen LogP contribution in [0, 0.1) is 0 Å². The van der Waals surface area contributed by atoms with Crippen molar-refractivity contribution in [3.63, 3.8) is 0 Å². The van der Waals surface area contributed by atoms with Crippen LogP contribution >= 0.6 is 0 Å². The molecule has 0 rings (SSSR count). The Balaban J connectivity index is 3.70. The van der Waals surface area contributed by atoms with E-state index in [1.165, 1.54) is 0 Å². The summed E-state index contributed by atoms with van der Waals surface area (Å²) in [5.74, 6) is 0.186. The van der Waals surface area contributed by atoms with Crippen molar-refractivity contribution >= 4 is 5.78 Å². The van der Waals surface area contributed by atoms with E-state index in [1.807, 2.05) is 13.8 Å². The molecule has 64 valence electrons. The van der Waals surface area contributed by atoms with E-state index in [0.717, 1.165) is 18.7 Å². The molecule has 0 amide bonds. The molecular formula is C9H17NO. The summed E-state index contributed by atoms with van der Waals surface area (Å²) in [4.78, 5) is 10.9. The van der Waals surface area contributed by atoms with E-state index >= 15 is 0 Å². The summed E-state index contributed by atoms with van der Waals surface area (Å²) in [6, 6.07) is 0. The zero-order valence-corrected chi connectivity index (χ0v) is 7.61. The molecule has 1 N–H and O–H groups in total. The second-order valence-electron chi connectivity index (χ2n) is 2.57. The minimum absolute atomic E-state index is 0.186. The molecule has 2 heteroatoms. The maximum absolute atomic E-state index is 10.9. The Bertz CT molecular complexity index is 150. The first kappa shape index (κ1) is 10.2. The van der Waals surface area contributed by atoms with Gasteiger partial charge in [-0.25, -0.2) is 0 Å². The van der Waals surface area contributed by atoms with Crippen molar-refractivity contribution in [3.8, 4) is 0 Å². The third kappa shape index (κ3) is 5.64. The minimum atomic E-state index is 0.186. The van der Waals surface area contributed by atoms with Gasteiger partial charge in [0, 0.05) is 18.7 Å². The number of rotatable bonds is 5. The second-order valence-corrected chi connectivity index (χ2v) is 2.57. The Morgan fingerprint density at radius 2 is 2.09 bits per heavy atom. The largest absolute Gasteiger partial charge is 0.388 e. The van der Waals surface area contributed by atoms with Gasteiger partial charge in [-0.05, 0) is 19.4 Å². The van der Waals surface area contributed by atoms with Crippen molar-refractivity contribution in [3.05, 3.63) is 11.8 Å². The van der Waals surface area contributed by atoms with E-state index in [9.17, 15) is 4.79 Å². The third-order valence-electron chi connectivity index (χ3n) is 1.38. The molecule has 2 nitrogen and oxygen atoms in total. The highest BCUT2D eigenvalue weighted by Gasteiger charge is 1.92. The van der Waals surface area contributed by atoms with Crippen molar-refractivity contribution in [1.82, 2.24) is 5.32 Å². The van der Waals surface area contributed by atoms with Gasteiger partial charge in [-0.3, -0.25) is 4.79 Å². The summed E-state index contributed by atoms with van der Waals surface area (Å²) in [6.07, 6.45) is 3.34. The number of nitrogens with one attached hydrogen (secondary N) is 1. The van der Waals surface area contributed by atoms with Crippen LogP contribution in [0.25, 0.3) is 0 Å². The van der Waals surface area contributed by atoms with Crippen LogP contribution in [0.4, 0.5) is 0 Å². The molecule has 0 saturated heterocycles. The highest BCUT2D eigenvalue weighted by Crippen LogP contribution is 1.90. The Hall–Kier alpha value is -0.790. The van der Waals surface area contributed by atoms with Crippen LogP contribution in [-0.2, 0) is 4.79 Å². The van der Waals surface area contributed by atoms with Gasteiger partial charge >= 0.3 is 0 Å². The Labute approximate surface area is 68.7 Å². The average Bonchev–Trinajstić information content (AvgIpc) is 2.00. The van der Waals surface area contributed by atoms with Gasteiger partial charge in [0.1, 0.15) is 0 Å². The van der Waals surface area contributed by atoms with Crippen molar-refractivity contribution in [2.45, 2.75) is 33.6 Å². The highest BCUT2D eigenvalue weighted by atomic mass is 16.1. The lowest BCUT2D eigenvalue weighted by Gasteiger charge is -2.02. The van der Waals surface area contributed by atoms with Gasteiger partial charge in [0.05, 0.1) is 0 Å². The van der Waals surface area contributed by atoms with Gasteiger partial charge in [0.15, 0.2) is 5.78 Å². The molecule has 0 aromatic rings. The molecule has 0 aromatic heterocycles. The summed E-state index contributed by atoms with van der Waals surface area (Å²) < 4.78 is 0. The maximum Gasteiger partial charge on any atom is 0.157 e. The summed E-state index contributed by atoms with van der Waals surface area (Å²) in [5.41, 5.74) is 0.971. The normalized spacial score (nSPS) is 11.4. The predicted molar refractivity (Wildman–Crippen MR) is 47.3 cm³/mol. The Morgan fingerprint density at radius 3 is 2.55 bits per heavy atom. The van der Waals surface area contributed by atoms with Crippen LogP contribution in [-0.4, -0.2) is 12.3 Å². The zero-order chi connectivity index (χ0) is 8.69. The summed E-state index contributed by atoms with van der Waals surface area (Å²) in [7, 11) is 0. The lowest BCUT2D eigenvalue weighted by molar-refractivity contribution is -0.114. The molecule has 0 radical (unpaired) electrons. The van der Waals surface area contributed by atoms with Crippen LogP contribution in [0.3, 0.4) is 0 Å². The fourth-order valence-corrected chi connectivity index (χ4v) is 0.717. The summed E-state index contributed by atoms with van der Waals surface area (Å²) in [6.45, 7) is 6.83. The number of carbonyl (C=O) groups excluding carboxylic acids is 1. The van der Waals surface area contributed by atoms with Gasteiger partial charge < -0.3 is 5.32 Å². The molecule has 0 fully saturated rings. The van der Waals surface area contributed by atoms with Crippen LogP contribution in [0.15, 0.2) is 11.8 Å². The monoisotopic (exact) mass is 155 g/mol. The Kier molecular flexibility index (Phi) is 5.53. The summed E-state index contributed by atoms with van der Waals surface area (Å²) >= 11 is 0. The smallest absolute Gasteiger partial charge is 0.157 e. The fourth-order valence-electron chi connectivity index (χ4n) is 0.717. The lowest BCUT2D eigenvalue weighted by atomic mass is 10.2. The molecule has 0 spiro atoms. The first-order valence-corrected chi connectivity index (χ1v) is 4.15. The molecule has 0 aliphatic rings. The first-order chi connectivity index (χ1) is 5.20. The van der Waals surface area contributed by atoms with Gasteiger partial charge in [-0.2, -0.15) is 0 Å². The highest BCUT2D eigenvalue weighted by molar-refractivity contribution is 5.89. The van der Waals surface area contributed by atoms with Crippen LogP contribution < -0.4 is 5.32 Å². The standard InChI is InChI=1S/C9H17NO/c1-4-6-10-8(3)7-9(11)5-2/h7,10H,4-6H2,1-3H3. The quantitative estimate of drug-likeness (QED) is 0.614. The number of allylic oxidation sites excluding steroid dienone is 2. The van der Waals surface area contributed by atoms with E-state index in [2.05, 4.69) is 12.2 Å². The minimum Gasteiger partial charge on any atom is -0.388 e. The molecule has 0 aromatic carbocycles. The third-order valence-corrected chi connectivity index (χ3v) is 1.38. The maximum atomic E-state index is 10.9. The van der Waals surface area contributed by atoms with Crippen LogP contribution in [0.5, 0.6) is 0 Å². The van der Waals surface area contributed by atoms with E-state index in [-0.39, 0.29) is 5.78 Å². The summed E-state index contributed by atoms with van der Waals surface area (Å²) in [5, 5.41) is 3.14. The number of hydrogen-bond donors (Lipinski definition) is 1. The van der Waals surface area contributed by atoms with Gasteiger partial charge in [-0.1, -0.05) is 13.8 Å². The van der Waals surface area contributed by atoms with Gasteiger partial charge in [0.2, 0.25) is 0 Å². The predicted octanol–water partition coefficient (Wildman–Crippen LogP) is 1.87. The number of carbonyl (C=O) groups is 1. The fraction of sp³-hybridized carbons (Fsp3) is 0.667. The second kappa shape index (κ2) is 5.96. The van der Waals surface area contributed by atoms with Gasteiger partial charge in [0.25, 0.3) is 0 Å². The van der Waals surface area contributed by atoms with E-state index in [1.54, 1.807) is 6.08 Å². The molecule has 0 atom stereocenters. The van der Waals surface area contributed by atoms with Crippen molar-refractivity contribution in [2.75, 3.05) is 6.54 Å². The SMILES string of the molecule is CCCNC(C)=CC(=O)CC. The Morgan fingerprint density at radius 1 is 1.45 bits per heavy atom. The van der Waals surface area contributed by atoms with Crippen molar-refractivity contribution < 1.29 is 4.79 Å². The van der Waals surface area contributed by atoms with Gasteiger partial charge in [-0.15, -0.1) is 0 Å². The average molecular weight is 155 g/mol. The van der Waals surface area contributed by atoms with Crippen molar-refractivity contribution in [1.29, 1.82) is 0 Å². The number of ketones is 1. The van der Waals surface area contributed by atoms with E-state index in [4.69, 9.17) is 0 Å². The molecule has 0 saturated carbocycles. The molecule has 0 bridgehead atoms. The lowest BCUT2D eigenvalue weighted by Crippen LogP contribution is -2.12. The topological polar surface area (TPSA) is 29.1 Å². The molecule has 0 aliphatic carbocycles.